The lowest BCUT2D eigenvalue weighted by Crippen LogP contribution is -2.24. The molecule has 2 atom stereocenters. The molecular weight excluding hydrogens is 242 g/mol. The van der Waals surface area contributed by atoms with Gasteiger partial charge < -0.3 is 14.7 Å². The molecule has 1 N–H and O–H groups in total. The fraction of sp³-hybridized carbons (Fsp3) is 0.533. The molecule has 1 fully saturated rings. The molecular formula is C15H21NO3. The van der Waals surface area contributed by atoms with Crippen LogP contribution in [-0.2, 0) is 4.79 Å². The zero-order valence-corrected chi connectivity index (χ0v) is 11.9. The number of benzene rings is 1. The highest BCUT2D eigenvalue weighted by molar-refractivity contribution is 5.76. The first-order chi connectivity index (χ1) is 8.95. The normalized spacial score (nSPS) is 21.3. The molecule has 1 aromatic rings. The first-order valence-electron chi connectivity index (χ1n) is 6.59. The predicted octanol–water partition coefficient (Wildman–Crippen LogP) is 2.73. The number of anilines is 1. The number of nitrogens with zero attached hydrogens (tertiary/aromatic N) is 1. The minimum Gasteiger partial charge on any atom is -0.495 e. The largest absolute Gasteiger partial charge is 0.495 e. The average Bonchev–Trinajstić information content (AvgIpc) is 3.17. The third kappa shape index (κ3) is 2.67. The van der Waals surface area contributed by atoms with Gasteiger partial charge in [0.15, 0.2) is 0 Å². The van der Waals surface area contributed by atoms with Gasteiger partial charge in [-0.2, -0.15) is 0 Å². The Morgan fingerprint density at radius 3 is 2.63 bits per heavy atom. The van der Waals surface area contributed by atoms with Crippen molar-refractivity contribution in [1.82, 2.24) is 0 Å². The van der Waals surface area contributed by atoms with Gasteiger partial charge in [-0.3, -0.25) is 4.79 Å². The van der Waals surface area contributed by atoms with Gasteiger partial charge in [0.25, 0.3) is 0 Å². The van der Waals surface area contributed by atoms with Crippen LogP contribution in [0.5, 0.6) is 5.75 Å². The number of hydrogen-bond acceptors (Lipinski definition) is 3. The van der Waals surface area contributed by atoms with E-state index >= 15 is 0 Å². The Bertz CT molecular complexity index is 484. The smallest absolute Gasteiger partial charge is 0.308 e. The summed E-state index contributed by atoms with van der Waals surface area (Å²) < 4.78 is 5.39. The third-order valence-corrected chi connectivity index (χ3v) is 3.82. The van der Waals surface area contributed by atoms with E-state index in [2.05, 4.69) is 26.0 Å². The highest BCUT2D eigenvalue weighted by atomic mass is 16.5. The zero-order chi connectivity index (χ0) is 14.2. The van der Waals surface area contributed by atoms with Crippen molar-refractivity contribution >= 4 is 11.7 Å². The van der Waals surface area contributed by atoms with Crippen LogP contribution in [0.2, 0.25) is 0 Å². The Hall–Kier alpha value is -1.71. The van der Waals surface area contributed by atoms with E-state index in [0.29, 0.717) is 12.3 Å². The molecule has 0 aromatic heterocycles. The molecule has 0 aliphatic heterocycles. The van der Waals surface area contributed by atoms with Gasteiger partial charge in [0.1, 0.15) is 5.75 Å². The van der Waals surface area contributed by atoms with Crippen LogP contribution in [0.4, 0.5) is 5.69 Å². The van der Waals surface area contributed by atoms with Crippen molar-refractivity contribution in [3.05, 3.63) is 23.8 Å². The Labute approximate surface area is 114 Å². The summed E-state index contributed by atoms with van der Waals surface area (Å²) in [4.78, 5) is 13.0. The monoisotopic (exact) mass is 263 g/mol. The van der Waals surface area contributed by atoms with Gasteiger partial charge in [0.2, 0.25) is 0 Å². The molecule has 0 amide bonds. The van der Waals surface area contributed by atoms with Crippen molar-refractivity contribution in [2.24, 2.45) is 5.92 Å². The first kappa shape index (κ1) is 13.7. The minimum absolute atomic E-state index is 0.0776. The molecule has 104 valence electrons. The molecule has 0 spiro atoms. The van der Waals surface area contributed by atoms with Crippen LogP contribution >= 0.6 is 0 Å². The number of carbonyl (C=O) groups is 1. The van der Waals surface area contributed by atoms with E-state index < -0.39 is 5.97 Å². The number of hydrogen-bond donors (Lipinski definition) is 1. The summed E-state index contributed by atoms with van der Waals surface area (Å²) in [5.41, 5.74) is 2.21. The first-order valence-corrected chi connectivity index (χ1v) is 6.59. The maximum absolute atomic E-state index is 11.0. The molecule has 1 aliphatic carbocycles. The van der Waals surface area contributed by atoms with E-state index in [1.807, 2.05) is 18.0 Å². The van der Waals surface area contributed by atoms with Gasteiger partial charge >= 0.3 is 5.97 Å². The fourth-order valence-electron chi connectivity index (χ4n) is 2.40. The maximum atomic E-state index is 11.0. The molecule has 1 aromatic carbocycles. The van der Waals surface area contributed by atoms with Crippen LogP contribution in [0.1, 0.15) is 31.7 Å². The quantitative estimate of drug-likeness (QED) is 0.887. The number of ether oxygens (including phenoxy) is 1. The molecule has 0 radical (unpaired) electrons. The van der Waals surface area contributed by atoms with E-state index in [1.54, 1.807) is 7.11 Å². The fourth-order valence-corrected chi connectivity index (χ4v) is 2.40. The van der Waals surface area contributed by atoms with E-state index in [4.69, 9.17) is 9.84 Å². The molecule has 2 rings (SSSR count). The number of aliphatic carboxylic acids is 1. The molecule has 2 unspecified atom stereocenters. The van der Waals surface area contributed by atoms with Crippen molar-refractivity contribution < 1.29 is 14.6 Å². The Morgan fingerprint density at radius 2 is 2.16 bits per heavy atom. The van der Waals surface area contributed by atoms with E-state index in [9.17, 15) is 4.79 Å². The van der Waals surface area contributed by atoms with Crippen molar-refractivity contribution in [2.75, 3.05) is 19.1 Å². The zero-order valence-electron chi connectivity index (χ0n) is 11.9. The Kier molecular flexibility index (Phi) is 3.69. The summed E-state index contributed by atoms with van der Waals surface area (Å²) in [6.45, 7) is 4.28. The number of carboxylic acids is 1. The van der Waals surface area contributed by atoms with Crippen molar-refractivity contribution in [1.29, 1.82) is 0 Å². The molecule has 19 heavy (non-hydrogen) atoms. The standard InChI is InChI=1S/C15H21NO3/c1-9(2)10-5-6-14(19-4)13(7-10)16(3)12-8-11(12)15(17)18/h5-7,9,11-12H,8H2,1-4H3,(H,17,18). The topological polar surface area (TPSA) is 49.8 Å². The molecule has 4 nitrogen and oxygen atoms in total. The van der Waals surface area contributed by atoms with Gasteiger partial charge in [-0.25, -0.2) is 0 Å². The van der Waals surface area contributed by atoms with Crippen molar-refractivity contribution in [2.45, 2.75) is 32.2 Å². The number of carboxylic acid groups (broad SMARTS) is 1. The molecule has 0 heterocycles. The second-order valence-electron chi connectivity index (χ2n) is 5.44. The summed E-state index contributed by atoms with van der Waals surface area (Å²) in [5, 5.41) is 9.03. The summed E-state index contributed by atoms with van der Waals surface area (Å²) in [7, 11) is 3.58. The van der Waals surface area contributed by atoms with Crippen LogP contribution in [0, 0.1) is 5.92 Å². The molecule has 0 bridgehead atoms. The van der Waals surface area contributed by atoms with Gasteiger partial charge in [-0.1, -0.05) is 19.9 Å². The van der Waals surface area contributed by atoms with Gasteiger partial charge in [-0.05, 0) is 30.0 Å². The SMILES string of the molecule is COc1ccc(C(C)C)cc1N(C)C1CC1C(=O)O. The van der Waals surface area contributed by atoms with Gasteiger partial charge in [0, 0.05) is 13.1 Å². The second-order valence-corrected chi connectivity index (χ2v) is 5.44. The lowest BCUT2D eigenvalue weighted by Gasteiger charge is -2.23. The van der Waals surface area contributed by atoms with Gasteiger partial charge in [-0.15, -0.1) is 0 Å². The van der Waals surface area contributed by atoms with Crippen LogP contribution < -0.4 is 9.64 Å². The van der Waals surface area contributed by atoms with Crippen LogP contribution in [0.25, 0.3) is 0 Å². The van der Waals surface area contributed by atoms with E-state index in [0.717, 1.165) is 11.4 Å². The summed E-state index contributed by atoms with van der Waals surface area (Å²) in [5.74, 6) is 0.267. The Balaban J connectivity index is 2.27. The summed E-state index contributed by atoms with van der Waals surface area (Å²) in [6.07, 6.45) is 0.709. The van der Waals surface area contributed by atoms with E-state index in [-0.39, 0.29) is 12.0 Å². The number of rotatable bonds is 5. The summed E-state index contributed by atoms with van der Waals surface area (Å²) in [6, 6.07) is 6.19. The van der Waals surface area contributed by atoms with E-state index in [1.165, 1.54) is 5.56 Å². The molecule has 1 saturated carbocycles. The highest BCUT2D eigenvalue weighted by Gasteiger charge is 2.46. The predicted molar refractivity (Wildman–Crippen MR) is 75.0 cm³/mol. The maximum Gasteiger partial charge on any atom is 0.308 e. The van der Waals surface area contributed by atoms with Crippen LogP contribution in [-0.4, -0.2) is 31.3 Å². The molecule has 0 saturated heterocycles. The lowest BCUT2D eigenvalue weighted by molar-refractivity contribution is -0.138. The van der Waals surface area contributed by atoms with Crippen LogP contribution in [0.15, 0.2) is 18.2 Å². The molecule has 1 aliphatic rings. The van der Waals surface area contributed by atoms with Crippen molar-refractivity contribution in [3.63, 3.8) is 0 Å². The highest BCUT2D eigenvalue weighted by Crippen LogP contribution is 2.41. The average molecular weight is 263 g/mol. The minimum atomic E-state index is -0.712. The second kappa shape index (κ2) is 5.11. The lowest BCUT2D eigenvalue weighted by atomic mass is 10.0. The van der Waals surface area contributed by atoms with Crippen LogP contribution in [0.3, 0.4) is 0 Å². The summed E-state index contributed by atoms with van der Waals surface area (Å²) >= 11 is 0. The molecule has 4 heteroatoms. The van der Waals surface area contributed by atoms with Crippen molar-refractivity contribution in [3.8, 4) is 5.75 Å². The Morgan fingerprint density at radius 1 is 1.47 bits per heavy atom. The van der Waals surface area contributed by atoms with Gasteiger partial charge in [0.05, 0.1) is 18.7 Å². The third-order valence-electron chi connectivity index (χ3n) is 3.82. The number of methoxy groups -OCH3 is 1.